The van der Waals surface area contributed by atoms with Crippen molar-refractivity contribution >= 4 is 5.69 Å². The van der Waals surface area contributed by atoms with Crippen molar-refractivity contribution in [2.75, 3.05) is 11.9 Å². The fourth-order valence-electron chi connectivity index (χ4n) is 2.25. The summed E-state index contributed by atoms with van der Waals surface area (Å²) in [7, 11) is 0. The van der Waals surface area contributed by atoms with Crippen molar-refractivity contribution in [2.45, 2.75) is 12.5 Å². The van der Waals surface area contributed by atoms with Crippen molar-refractivity contribution in [1.29, 1.82) is 0 Å². The van der Waals surface area contributed by atoms with Gasteiger partial charge in [0.2, 0.25) is 0 Å². The molecule has 1 aliphatic heterocycles. The zero-order chi connectivity index (χ0) is 12.4. The monoisotopic (exact) mass is 241 g/mol. The summed E-state index contributed by atoms with van der Waals surface area (Å²) < 4.78 is 5.63. The minimum absolute atomic E-state index is 0.263. The van der Waals surface area contributed by atoms with Gasteiger partial charge in [-0.3, -0.25) is 0 Å². The maximum atomic E-state index is 9.27. The van der Waals surface area contributed by atoms with Gasteiger partial charge in [-0.2, -0.15) is 0 Å². The fraction of sp³-hybridized carbons (Fsp3) is 0.200. The second-order valence-corrected chi connectivity index (χ2v) is 4.42. The Morgan fingerprint density at radius 3 is 2.67 bits per heavy atom. The lowest BCUT2D eigenvalue weighted by Crippen LogP contribution is -2.20. The summed E-state index contributed by atoms with van der Waals surface area (Å²) in [6, 6.07) is 15.5. The zero-order valence-electron chi connectivity index (χ0n) is 9.97. The van der Waals surface area contributed by atoms with E-state index < -0.39 is 0 Å². The van der Waals surface area contributed by atoms with Crippen LogP contribution in [0.2, 0.25) is 0 Å². The molecule has 18 heavy (non-hydrogen) atoms. The molecule has 0 aliphatic carbocycles. The van der Waals surface area contributed by atoms with Gasteiger partial charge in [-0.25, -0.2) is 0 Å². The van der Waals surface area contributed by atoms with E-state index in [4.69, 9.17) is 4.74 Å². The predicted octanol–water partition coefficient (Wildman–Crippen LogP) is 3.33. The van der Waals surface area contributed by atoms with Gasteiger partial charge in [-0.1, -0.05) is 18.2 Å². The van der Waals surface area contributed by atoms with E-state index in [2.05, 4.69) is 11.4 Å². The normalized spacial score (nSPS) is 17.7. The molecule has 0 saturated heterocycles. The molecule has 1 aliphatic rings. The highest BCUT2D eigenvalue weighted by atomic mass is 16.5. The van der Waals surface area contributed by atoms with Gasteiger partial charge in [-0.05, 0) is 30.3 Å². The molecule has 2 aromatic carbocycles. The zero-order valence-corrected chi connectivity index (χ0v) is 9.97. The van der Waals surface area contributed by atoms with Crippen molar-refractivity contribution in [3.8, 4) is 11.5 Å². The van der Waals surface area contributed by atoms with Crippen LogP contribution in [0.5, 0.6) is 11.5 Å². The predicted molar refractivity (Wildman–Crippen MR) is 71.0 cm³/mol. The largest absolute Gasteiger partial charge is 0.508 e. The topological polar surface area (TPSA) is 41.5 Å². The van der Waals surface area contributed by atoms with Crippen LogP contribution < -0.4 is 10.1 Å². The maximum Gasteiger partial charge on any atom is 0.124 e. The van der Waals surface area contributed by atoms with Crippen molar-refractivity contribution in [2.24, 2.45) is 0 Å². The second kappa shape index (κ2) is 4.61. The first-order chi connectivity index (χ1) is 8.83. The fourth-order valence-corrected chi connectivity index (χ4v) is 2.25. The third kappa shape index (κ3) is 2.12. The molecular formula is C15H15NO2. The van der Waals surface area contributed by atoms with E-state index in [-0.39, 0.29) is 11.8 Å². The van der Waals surface area contributed by atoms with Gasteiger partial charge in [0.25, 0.3) is 0 Å². The Morgan fingerprint density at radius 2 is 1.83 bits per heavy atom. The lowest BCUT2D eigenvalue weighted by atomic mass is 10.0. The molecule has 0 amide bonds. The molecule has 3 nitrogen and oxygen atoms in total. The van der Waals surface area contributed by atoms with Crippen molar-refractivity contribution in [1.82, 2.24) is 0 Å². The molecule has 3 rings (SSSR count). The van der Waals surface area contributed by atoms with Gasteiger partial charge in [0.15, 0.2) is 0 Å². The van der Waals surface area contributed by atoms with Gasteiger partial charge in [0.1, 0.15) is 11.5 Å². The number of benzene rings is 2. The first kappa shape index (κ1) is 11.0. The number of aromatic hydroxyl groups is 1. The van der Waals surface area contributed by atoms with E-state index >= 15 is 0 Å². The lowest BCUT2D eigenvalue weighted by Gasteiger charge is -2.27. The SMILES string of the molecule is Oc1ccc(NC2CCOc3ccccc32)cc1. The Morgan fingerprint density at radius 1 is 1.06 bits per heavy atom. The number of ether oxygens (including phenoxy) is 1. The highest BCUT2D eigenvalue weighted by Gasteiger charge is 2.20. The van der Waals surface area contributed by atoms with Crippen molar-refractivity contribution < 1.29 is 9.84 Å². The summed E-state index contributed by atoms with van der Waals surface area (Å²) in [6.45, 7) is 0.729. The Hall–Kier alpha value is -2.16. The van der Waals surface area contributed by atoms with Crippen LogP contribution in [0.3, 0.4) is 0 Å². The van der Waals surface area contributed by atoms with Crippen LogP contribution in [-0.2, 0) is 0 Å². The van der Waals surface area contributed by atoms with Crippen molar-refractivity contribution in [3.05, 3.63) is 54.1 Å². The van der Waals surface area contributed by atoms with E-state index in [0.717, 1.165) is 24.5 Å². The van der Waals surface area contributed by atoms with E-state index in [1.807, 2.05) is 30.3 Å². The van der Waals surface area contributed by atoms with E-state index in [1.165, 1.54) is 5.56 Å². The van der Waals surface area contributed by atoms with Gasteiger partial charge in [0.05, 0.1) is 12.6 Å². The summed E-state index contributed by atoms with van der Waals surface area (Å²) in [5.74, 6) is 1.24. The molecule has 0 fully saturated rings. The molecule has 0 saturated carbocycles. The van der Waals surface area contributed by atoms with E-state index in [1.54, 1.807) is 12.1 Å². The number of anilines is 1. The number of para-hydroxylation sites is 1. The molecule has 0 radical (unpaired) electrons. The van der Waals surface area contributed by atoms with Gasteiger partial charge in [0, 0.05) is 17.7 Å². The Bertz CT molecular complexity index is 536. The number of nitrogens with one attached hydrogen (secondary N) is 1. The molecule has 92 valence electrons. The maximum absolute atomic E-state index is 9.27. The van der Waals surface area contributed by atoms with E-state index in [9.17, 15) is 5.11 Å². The quantitative estimate of drug-likeness (QED) is 0.792. The van der Waals surface area contributed by atoms with Crippen LogP contribution in [-0.4, -0.2) is 11.7 Å². The summed E-state index contributed by atoms with van der Waals surface area (Å²) >= 11 is 0. The van der Waals surface area contributed by atoms with Crippen LogP contribution in [0.1, 0.15) is 18.0 Å². The Labute approximate surface area is 106 Å². The molecule has 1 heterocycles. The minimum atomic E-state index is 0.263. The van der Waals surface area contributed by atoms with Gasteiger partial charge in [-0.15, -0.1) is 0 Å². The second-order valence-electron chi connectivity index (χ2n) is 4.42. The summed E-state index contributed by atoms with van der Waals surface area (Å²) in [5, 5.41) is 12.7. The first-order valence-corrected chi connectivity index (χ1v) is 6.10. The Balaban J connectivity index is 1.84. The van der Waals surface area contributed by atoms with Gasteiger partial charge >= 0.3 is 0 Å². The van der Waals surface area contributed by atoms with Crippen LogP contribution in [0, 0.1) is 0 Å². The average Bonchev–Trinajstić information content (AvgIpc) is 2.42. The third-order valence-corrected chi connectivity index (χ3v) is 3.17. The molecule has 1 unspecified atom stereocenters. The summed E-state index contributed by atoms with van der Waals surface area (Å²) in [6.07, 6.45) is 0.942. The molecule has 0 bridgehead atoms. The smallest absolute Gasteiger partial charge is 0.124 e. The standard InChI is InChI=1S/C15H15NO2/c17-12-7-5-11(6-8-12)16-14-9-10-18-15-4-2-1-3-13(14)15/h1-8,14,16-17H,9-10H2. The highest BCUT2D eigenvalue weighted by Crippen LogP contribution is 2.34. The summed E-state index contributed by atoms with van der Waals surface area (Å²) in [5.41, 5.74) is 2.20. The van der Waals surface area contributed by atoms with Crippen LogP contribution in [0.15, 0.2) is 48.5 Å². The number of phenols is 1. The number of hydrogen-bond donors (Lipinski definition) is 2. The number of hydrogen-bond acceptors (Lipinski definition) is 3. The minimum Gasteiger partial charge on any atom is -0.508 e. The molecule has 0 spiro atoms. The van der Waals surface area contributed by atoms with E-state index in [0.29, 0.717) is 0 Å². The van der Waals surface area contributed by atoms with Crippen LogP contribution in [0.4, 0.5) is 5.69 Å². The number of phenolic OH excluding ortho intramolecular Hbond substituents is 1. The molecule has 0 aromatic heterocycles. The average molecular weight is 241 g/mol. The molecular weight excluding hydrogens is 226 g/mol. The highest BCUT2D eigenvalue weighted by molar-refractivity contribution is 5.50. The van der Waals surface area contributed by atoms with Gasteiger partial charge < -0.3 is 15.2 Å². The summed E-state index contributed by atoms with van der Waals surface area (Å²) in [4.78, 5) is 0. The Kier molecular flexibility index (Phi) is 2.81. The van der Waals surface area contributed by atoms with Crippen molar-refractivity contribution in [3.63, 3.8) is 0 Å². The van der Waals surface area contributed by atoms with Crippen LogP contribution >= 0.6 is 0 Å². The number of rotatable bonds is 2. The molecule has 1 atom stereocenters. The number of fused-ring (bicyclic) bond motifs is 1. The first-order valence-electron chi connectivity index (χ1n) is 6.10. The van der Waals surface area contributed by atoms with Crippen LogP contribution in [0.25, 0.3) is 0 Å². The third-order valence-electron chi connectivity index (χ3n) is 3.17. The lowest BCUT2D eigenvalue weighted by molar-refractivity contribution is 0.274. The molecule has 2 N–H and O–H groups in total. The molecule has 2 aromatic rings. The molecule has 3 heteroatoms.